The average Bonchev–Trinajstić information content (AvgIpc) is 3.28. The van der Waals surface area contributed by atoms with Crippen molar-refractivity contribution in [1.82, 2.24) is 5.32 Å². The third-order valence-corrected chi connectivity index (χ3v) is 6.43. The van der Waals surface area contributed by atoms with Crippen molar-refractivity contribution in [2.45, 2.75) is 109 Å². The minimum Gasteiger partial charge on any atom is -0.481 e. The summed E-state index contributed by atoms with van der Waals surface area (Å²) in [5.74, 6) is -1.64. The molecule has 2 aliphatic rings. The van der Waals surface area contributed by atoms with E-state index < -0.39 is 24.2 Å². The van der Waals surface area contributed by atoms with Crippen LogP contribution in [0.1, 0.15) is 77.7 Å². The molecule has 0 aromatic heterocycles. The monoisotopic (exact) mass is 506 g/mol. The SMILES string of the molecule is CCCCCCCCCCO[C@H]1[C@H]2OC(C)(C)O[C@H]2O[C@H]1CNC(=O)Nc1ccc(CC(=O)O)cc1. The molecular weight excluding hydrogens is 464 g/mol. The Kier molecular flexibility index (Phi) is 11.0. The van der Waals surface area contributed by atoms with E-state index >= 15 is 0 Å². The van der Waals surface area contributed by atoms with Crippen molar-refractivity contribution < 1.29 is 33.6 Å². The number of nitrogens with one attached hydrogen (secondary N) is 2. The lowest BCUT2D eigenvalue weighted by Gasteiger charge is -2.26. The van der Waals surface area contributed by atoms with Crippen LogP contribution in [-0.4, -0.2) is 60.6 Å². The number of carbonyl (C=O) groups is 2. The van der Waals surface area contributed by atoms with Gasteiger partial charge < -0.3 is 34.7 Å². The van der Waals surface area contributed by atoms with Crippen LogP contribution in [0.5, 0.6) is 0 Å². The van der Waals surface area contributed by atoms with Crippen LogP contribution < -0.4 is 10.6 Å². The largest absolute Gasteiger partial charge is 0.481 e. The molecule has 0 spiro atoms. The highest BCUT2D eigenvalue weighted by Gasteiger charge is 2.55. The molecule has 0 radical (unpaired) electrons. The Balaban J connectivity index is 1.43. The number of benzene rings is 1. The van der Waals surface area contributed by atoms with E-state index in [2.05, 4.69) is 17.6 Å². The van der Waals surface area contributed by atoms with Crippen LogP contribution >= 0.6 is 0 Å². The number of carboxylic acids is 1. The molecule has 36 heavy (non-hydrogen) atoms. The Bertz CT molecular complexity index is 830. The lowest BCUT2D eigenvalue weighted by Crippen LogP contribution is -2.44. The molecule has 9 heteroatoms. The molecular formula is C27H42N2O7. The highest BCUT2D eigenvalue weighted by molar-refractivity contribution is 5.89. The number of aliphatic carboxylic acids is 1. The summed E-state index contributed by atoms with van der Waals surface area (Å²) in [4.78, 5) is 23.3. The van der Waals surface area contributed by atoms with E-state index in [4.69, 9.17) is 24.1 Å². The number of hydrogen-bond acceptors (Lipinski definition) is 6. The molecule has 3 rings (SSSR count). The fourth-order valence-corrected chi connectivity index (χ4v) is 4.62. The van der Waals surface area contributed by atoms with Crippen molar-refractivity contribution in [3.8, 4) is 0 Å². The lowest BCUT2D eigenvalue weighted by atomic mass is 10.1. The molecule has 0 bridgehead atoms. The van der Waals surface area contributed by atoms with Crippen molar-refractivity contribution in [1.29, 1.82) is 0 Å². The number of urea groups is 1. The second kappa shape index (κ2) is 13.9. The smallest absolute Gasteiger partial charge is 0.319 e. The second-order valence-electron chi connectivity index (χ2n) is 10.1. The number of unbranched alkanes of at least 4 members (excludes halogenated alkanes) is 7. The maximum atomic E-state index is 12.4. The van der Waals surface area contributed by atoms with Crippen LogP contribution in [0.3, 0.4) is 0 Å². The molecule has 202 valence electrons. The maximum Gasteiger partial charge on any atom is 0.319 e. The van der Waals surface area contributed by atoms with Gasteiger partial charge in [-0.3, -0.25) is 4.79 Å². The fraction of sp³-hybridized carbons (Fsp3) is 0.704. The van der Waals surface area contributed by atoms with Crippen molar-refractivity contribution in [3.05, 3.63) is 29.8 Å². The van der Waals surface area contributed by atoms with E-state index in [0.29, 0.717) is 17.9 Å². The van der Waals surface area contributed by atoms with Gasteiger partial charge in [-0.1, -0.05) is 64.0 Å². The number of hydrogen-bond donors (Lipinski definition) is 3. The number of carbonyl (C=O) groups excluding carboxylic acids is 1. The highest BCUT2D eigenvalue weighted by Crippen LogP contribution is 2.38. The van der Waals surface area contributed by atoms with E-state index in [1.165, 1.54) is 38.5 Å². The zero-order valence-corrected chi connectivity index (χ0v) is 21.8. The van der Waals surface area contributed by atoms with E-state index in [1.807, 2.05) is 13.8 Å². The maximum absolute atomic E-state index is 12.4. The second-order valence-corrected chi connectivity index (χ2v) is 10.1. The molecule has 0 aliphatic carbocycles. The van der Waals surface area contributed by atoms with Crippen LogP contribution in [0.4, 0.5) is 10.5 Å². The first-order valence-corrected chi connectivity index (χ1v) is 13.3. The molecule has 2 saturated heterocycles. The van der Waals surface area contributed by atoms with Gasteiger partial charge in [-0.05, 0) is 38.0 Å². The van der Waals surface area contributed by atoms with E-state index in [1.54, 1.807) is 24.3 Å². The minimum atomic E-state index is -0.898. The molecule has 2 aliphatic heterocycles. The molecule has 3 N–H and O–H groups in total. The summed E-state index contributed by atoms with van der Waals surface area (Å²) in [7, 11) is 0. The quantitative estimate of drug-likeness (QED) is 0.292. The number of carboxylic acid groups (broad SMARTS) is 1. The lowest BCUT2D eigenvalue weighted by molar-refractivity contribution is -0.217. The van der Waals surface area contributed by atoms with Crippen molar-refractivity contribution >= 4 is 17.7 Å². The van der Waals surface area contributed by atoms with E-state index in [0.717, 1.165) is 12.8 Å². The van der Waals surface area contributed by atoms with Crippen LogP contribution in [0.2, 0.25) is 0 Å². The van der Waals surface area contributed by atoms with Gasteiger partial charge in [0.1, 0.15) is 18.3 Å². The Labute approximate surface area is 214 Å². The molecule has 4 atom stereocenters. The van der Waals surface area contributed by atoms with Gasteiger partial charge in [-0.25, -0.2) is 4.79 Å². The molecule has 2 heterocycles. The fourth-order valence-electron chi connectivity index (χ4n) is 4.62. The van der Waals surface area contributed by atoms with Crippen LogP contribution in [-0.2, 0) is 30.2 Å². The van der Waals surface area contributed by atoms with Crippen molar-refractivity contribution in [3.63, 3.8) is 0 Å². The molecule has 0 unspecified atom stereocenters. The predicted octanol–water partition coefficient (Wildman–Crippen LogP) is 4.84. The molecule has 0 saturated carbocycles. The first-order chi connectivity index (χ1) is 17.3. The first-order valence-electron chi connectivity index (χ1n) is 13.3. The van der Waals surface area contributed by atoms with Gasteiger partial charge in [0.05, 0.1) is 6.42 Å². The van der Waals surface area contributed by atoms with Gasteiger partial charge in [0.25, 0.3) is 0 Å². The third-order valence-electron chi connectivity index (χ3n) is 6.43. The summed E-state index contributed by atoms with van der Waals surface area (Å²) >= 11 is 0. The standard InChI is InChI=1S/C27H42N2O7/c1-4-5-6-7-8-9-10-11-16-33-23-21(34-25-24(23)35-27(2,3)36-25)18-28-26(32)29-20-14-12-19(13-15-20)17-22(30)31/h12-15,21,23-25H,4-11,16-18H2,1-3H3,(H,30,31)(H2,28,29,32)/t21-,23+,24+,25+/m0/s1. The highest BCUT2D eigenvalue weighted by atomic mass is 16.8. The molecule has 1 aromatic carbocycles. The summed E-state index contributed by atoms with van der Waals surface area (Å²) in [6, 6.07) is 6.32. The summed E-state index contributed by atoms with van der Waals surface area (Å²) in [5.41, 5.74) is 1.24. The average molecular weight is 507 g/mol. The Morgan fingerprint density at radius 3 is 2.33 bits per heavy atom. The Morgan fingerprint density at radius 1 is 1.00 bits per heavy atom. The van der Waals surface area contributed by atoms with Gasteiger partial charge in [0, 0.05) is 18.8 Å². The minimum absolute atomic E-state index is 0.0604. The van der Waals surface area contributed by atoms with Gasteiger partial charge in [0.15, 0.2) is 12.1 Å². The van der Waals surface area contributed by atoms with Crippen LogP contribution in [0.15, 0.2) is 24.3 Å². The Hall–Kier alpha value is -2.20. The molecule has 2 amide bonds. The molecule has 2 fully saturated rings. The van der Waals surface area contributed by atoms with Gasteiger partial charge in [-0.15, -0.1) is 0 Å². The Morgan fingerprint density at radius 2 is 1.67 bits per heavy atom. The summed E-state index contributed by atoms with van der Waals surface area (Å²) in [5, 5.41) is 14.5. The van der Waals surface area contributed by atoms with Crippen LogP contribution in [0.25, 0.3) is 0 Å². The van der Waals surface area contributed by atoms with E-state index in [-0.39, 0.29) is 31.2 Å². The number of amides is 2. The van der Waals surface area contributed by atoms with Crippen LogP contribution in [0, 0.1) is 0 Å². The molecule has 1 aromatic rings. The third kappa shape index (κ3) is 9.03. The molecule has 9 nitrogen and oxygen atoms in total. The predicted molar refractivity (Wildman–Crippen MR) is 136 cm³/mol. The number of anilines is 1. The zero-order valence-electron chi connectivity index (χ0n) is 21.8. The topological polar surface area (TPSA) is 115 Å². The van der Waals surface area contributed by atoms with E-state index in [9.17, 15) is 9.59 Å². The number of ether oxygens (including phenoxy) is 4. The van der Waals surface area contributed by atoms with Crippen molar-refractivity contribution in [2.24, 2.45) is 0 Å². The van der Waals surface area contributed by atoms with Crippen molar-refractivity contribution in [2.75, 3.05) is 18.5 Å². The van der Waals surface area contributed by atoms with Gasteiger partial charge in [-0.2, -0.15) is 0 Å². The number of fused-ring (bicyclic) bond motifs is 1. The normalized spacial score (nSPS) is 24.4. The first kappa shape index (κ1) is 28.4. The summed E-state index contributed by atoms with van der Waals surface area (Å²) < 4.78 is 24.2. The van der Waals surface area contributed by atoms with Gasteiger partial charge in [0.2, 0.25) is 0 Å². The number of rotatable bonds is 15. The summed E-state index contributed by atoms with van der Waals surface area (Å²) in [6.07, 6.45) is 8.14. The zero-order chi connectivity index (χ0) is 26.0. The summed E-state index contributed by atoms with van der Waals surface area (Å²) in [6.45, 7) is 6.79. The van der Waals surface area contributed by atoms with Gasteiger partial charge >= 0.3 is 12.0 Å².